The van der Waals surface area contributed by atoms with Crippen LogP contribution in [-0.2, 0) is 33.6 Å². The highest BCUT2D eigenvalue weighted by molar-refractivity contribution is 5.97. The van der Waals surface area contributed by atoms with E-state index in [1.165, 1.54) is 0 Å². The molecule has 0 aliphatic carbocycles. The number of nitrogens with one attached hydrogen (secondary N) is 3. The molecule has 0 aromatic rings. The lowest BCUT2D eigenvalue weighted by atomic mass is 10.1. The number of hydrogen-bond acceptors (Lipinski definition) is 9. The van der Waals surface area contributed by atoms with Crippen LogP contribution < -0.4 is 33.2 Å². The number of hydrogen-bond donors (Lipinski definition) is 9. The van der Waals surface area contributed by atoms with Gasteiger partial charge in [0.2, 0.25) is 29.5 Å². The van der Waals surface area contributed by atoms with Gasteiger partial charge in [0.1, 0.15) is 18.1 Å². The topological polar surface area (TPSA) is 294 Å². The smallest absolute Gasteiger partial charge is 0.326 e. The first-order chi connectivity index (χ1) is 14.3. The molecular weight excluding hydrogens is 424 g/mol. The standard InChI is InChI=1S/C15H24N6O10/c16-5(1-9(17)23)12(27)19-6(2-10(18)24)13(28)21-8(4-22)14(29)20-7(15(30)31)3-11(25)26/h5-8,22H,1-4,16H2,(H2,17,23)(H2,18,24)(H,19,27)(H,20,29)(H,21,28)(H,25,26)(H,30,31)/t5-,6-,7-,8-/m0/s1. The molecule has 5 amide bonds. The zero-order valence-electron chi connectivity index (χ0n) is 16.1. The SMILES string of the molecule is NC(=O)C[C@H](NC(=O)[C@@H](N)CC(N)=O)C(=O)N[C@@H](CO)C(=O)N[C@@H](CC(=O)O)C(=O)O. The van der Waals surface area contributed by atoms with E-state index in [0.717, 1.165) is 0 Å². The third-order valence-electron chi connectivity index (χ3n) is 3.61. The van der Waals surface area contributed by atoms with Crippen LogP contribution in [0.1, 0.15) is 19.3 Å². The van der Waals surface area contributed by atoms with Gasteiger partial charge in [0, 0.05) is 0 Å². The van der Waals surface area contributed by atoms with Gasteiger partial charge in [-0.25, -0.2) is 4.79 Å². The van der Waals surface area contributed by atoms with Gasteiger partial charge in [-0.3, -0.25) is 28.8 Å². The van der Waals surface area contributed by atoms with E-state index in [2.05, 4.69) is 0 Å². The zero-order chi connectivity index (χ0) is 24.3. The number of aliphatic hydroxyl groups excluding tert-OH is 1. The van der Waals surface area contributed by atoms with Gasteiger partial charge in [-0.05, 0) is 0 Å². The van der Waals surface area contributed by atoms with Gasteiger partial charge in [-0.2, -0.15) is 0 Å². The van der Waals surface area contributed by atoms with E-state index in [0.29, 0.717) is 0 Å². The Kier molecular flexibility index (Phi) is 11.2. The average molecular weight is 448 g/mol. The van der Waals surface area contributed by atoms with Crippen molar-refractivity contribution in [1.29, 1.82) is 0 Å². The Morgan fingerprint density at radius 3 is 1.55 bits per heavy atom. The summed E-state index contributed by atoms with van der Waals surface area (Å²) in [7, 11) is 0. The maximum Gasteiger partial charge on any atom is 0.326 e. The monoisotopic (exact) mass is 448 g/mol. The molecule has 0 aromatic heterocycles. The van der Waals surface area contributed by atoms with Gasteiger partial charge >= 0.3 is 11.9 Å². The second-order valence-electron chi connectivity index (χ2n) is 6.25. The Morgan fingerprint density at radius 1 is 0.677 bits per heavy atom. The highest BCUT2D eigenvalue weighted by atomic mass is 16.4. The number of rotatable bonds is 14. The molecular formula is C15H24N6O10. The van der Waals surface area contributed by atoms with E-state index >= 15 is 0 Å². The molecule has 174 valence electrons. The Balaban J connectivity index is 5.29. The molecule has 16 heteroatoms. The van der Waals surface area contributed by atoms with E-state index in [1.54, 1.807) is 0 Å². The van der Waals surface area contributed by atoms with Gasteiger partial charge in [-0.1, -0.05) is 0 Å². The van der Waals surface area contributed by atoms with E-state index in [9.17, 15) is 38.7 Å². The number of carboxylic acid groups (broad SMARTS) is 2. The highest BCUT2D eigenvalue weighted by Gasteiger charge is 2.31. The summed E-state index contributed by atoms with van der Waals surface area (Å²) < 4.78 is 0. The van der Waals surface area contributed by atoms with Gasteiger partial charge in [0.05, 0.1) is 31.9 Å². The molecule has 4 atom stereocenters. The predicted octanol–water partition coefficient (Wildman–Crippen LogP) is -5.93. The predicted molar refractivity (Wildman–Crippen MR) is 98.4 cm³/mol. The third kappa shape index (κ3) is 10.5. The fourth-order valence-electron chi connectivity index (χ4n) is 2.11. The quantitative estimate of drug-likeness (QED) is 0.120. The summed E-state index contributed by atoms with van der Waals surface area (Å²) in [5, 5.41) is 32.7. The molecule has 16 nitrogen and oxygen atoms in total. The summed E-state index contributed by atoms with van der Waals surface area (Å²) >= 11 is 0. The average Bonchev–Trinajstić information content (AvgIpc) is 2.63. The van der Waals surface area contributed by atoms with Crippen molar-refractivity contribution in [3.63, 3.8) is 0 Å². The van der Waals surface area contributed by atoms with Crippen molar-refractivity contribution < 1.29 is 48.9 Å². The summed E-state index contributed by atoms with van der Waals surface area (Å²) in [6.07, 6.45) is -2.30. The van der Waals surface area contributed by atoms with Crippen molar-refractivity contribution in [3.05, 3.63) is 0 Å². The molecule has 0 heterocycles. The van der Waals surface area contributed by atoms with Crippen LogP contribution in [-0.4, -0.2) is 87.6 Å². The van der Waals surface area contributed by atoms with Crippen LogP contribution in [0.5, 0.6) is 0 Å². The molecule has 0 saturated heterocycles. The van der Waals surface area contributed by atoms with Crippen molar-refractivity contribution in [1.82, 2.24) is 16.0 Å². The molecule has 0 aliphatic heterocycles. The van der Waals surface area contributed by atoms with Gasteiger partial charge < -0.3 is 48.5 Å². The van der Waals surface area contributed by atoms with E-state index in [1.807, 2.05) is 16.0 Å². The van der Waals surface area contributed by atoms with Gasteiger partial charge in [0.25, 0.3) is 0 Å². The summed E-state index contributed by atoms with van der Waals surface area (Å²) in [5.41, 5.74) is 15.3. The normalized spacial score (nSPS) is 14.3. The fraction of sp³-hybridized carbons (Fsp3) is 0.533. The van der Waals surface area contributed by atoms with E-state index in [4.69, 9.17) is 27.4 Å². The molecule has 0 rings (SSSR count). The second-order valence-corrected chi connectivity index (χ2v) is 6.25. The zero-order valence-corrected chi connectivity index (χ0v) is 16.1. The lowest BCUT2D eigenvalue weighted by molar-refractivity contribution is -0.147. The fourth-order valence-corrected chi connectivity index (χ4v) is 2.11. The van der Waals surface area contributed by atoms with E-state index < -0.39 is 91.5 Å². The molecule has 31 heavy (non-hydrogen) atoms. The van der Waals surface area contributed by atoms with Crippen LogP contribution in [0.15, 0.2) is 0 Å². The minimum atomic E-state index is -1.86. The minimum absolute atomic E-state index is 0.571. The molecule has 0 fully saturated rings. The lowest BCUT2D eigenvalue weighted by Gasteiger charge is -2.23. The molecule has 0 spiro atoms. The number of amides is 5. The number of carbonyl (C=O) groups excluding carboxylic acids is 5. The molecule has 0 bridgehead atoms. The number of carboxylic acids is 2. The Morgan fingerprint density at radius 2 is 1.13 bits per heavy atom. The molecule has 0 aromatic carbocycles. The van der Waals surface area contributed by atoms with Crippen molar-refractivity contribution in [2.24, 2.45) is 17.2 Å². The van der Waals surface area contributed by atoms with Crippen LogP contribution in [0.4, 0.5) is 0 Å². The van der Waals surface area contributed by atoms with Crippen LogP contribution >= 0.6 is 0 Å². The lowest BCUT2D eigenvalue weighted by Crippen LogP contribution is -2.59. The van der Waals surface area contributed by atoms with Crippen LogP contribution in [0, 0.1) is 0 Å². The van der Waals surface area contributed by atoms with Crippen LogP contribution in [0.3, 0.4) is 0 Å². The van der Waals surface area contributed by atoms with Crippen molar-refractivity contribution in [2.75, 3.05) is 6.61 Å². The first kappa shape index (κ1) is 27.2. The van der Waals surface area contributed by atoms with Crippen LogP contribution in [0.2, 0.25) is 0 Å². The molecule has 0 unspecified atom stereocenters. The maximum atomic E-state index is 12.4. The Labute approximate surface area is 174 Å². The number of aliphatic hydroxyl groups is 1. The summed E-state index contributed by atoms with van der Waals surface area (Å²) in [4.78, 5) is 80.2. The number of primary amides is 2. The minimum Gasteiger partial charge on any atom is -0.481 e. The molecule has 0 saturated carbocycles. The molecule has 12 N–H and O–H groups in total. The second kappa shape index (κ2) is 12.7. The number of nitrogens with two attached hydrogens (primary N) is 3. The number of aliphatic carboxylic acids is 2. The first-order valence-electron chi connectivity index (χ1n) is 8.57. The summed E-state index contributed by atoms with van der Waals surface area (Å²) in [5.74, 6) is -8.64. The van der Waals surface area contributed by atoms with Crippen molar-refractivity contribution in [2.45, 2.75) is 43.4 Å². The highest BCUT2D eigenvalue weighted by Crippen LogP contribution is 1.99. The summed E-state index contributed by atoms with van der Waals surface area (Å²) in [6.45, 7) is -1.05. The first-order valence-corrected chi connectivity index (χ1v) is 8.57. The number of carbonyl (C=O) groups is 7. The van der Waals surface area contributed by atoms with Crippen LogP contribution in [0.25, 0.3) is 0 Å². The van der Waals surface area contributed by atoms with E-state index in [-0.39, 0.29) is 0 Å². The summed E-state index contributed by atoms with van der Waals surface area (Å²) in [6, 6.07) is -6.75. The molecule has 0 radical (unpaired) electrons. The Bertz CT molecular complexity index is 742. The maximum absolute atomic E-state index is 12.4. The third-order valence-corrected chi connectivity index (χ3v) is 3.61. The molecule has 0 aliphatic rings. The van der Waals surface area contributed by atoms with Gasteiger partial charge in [-0.15, -0.1) is 0 Å². The van der Waals surface area contributed by atoms with Crippen molar-refractivity contribution >= 4 is 41.5 Å². The van der Waals surface area contributed by atoms with Gasteiger partial charge in [0.15, 0.2) is 0 Å². The van der Waals surface area contributed by atoms with Crippen molar-refractivity contribution in [3.8, 4) is 0 Å². The largest absolute Gasteiger partial charge is 0.481 e. The Hall–Kier alpha value is -3.79.